The van der Waals surface area contributed by atoms with Crippen molar-refractivity contribution in [3.63, 3.8) is 0 Å². The summed E-state index contributed by atoms with van der Waals surface area (Å²) in [6.07, 6.45) is 6.55. The highest BCUT2D eigenvalue weighted by Gasteiger charge is 2.43. The molecule has 0 amide bonds. The first kappa shape index (κ1) is 17.4. The smallest absolute Gasteiger partial charge is 0.236 e. The van der Waals surface area contributed by atoms with Gasteiger partial charge in [0.15, 0.2) is 0 Å². The van der Waals surface area contributed by atoms with Crippen LogP contribution in [0.3, 0.4) is 0 Å². The lowest BCUT2D eigenvalue weighted by atomic mass is 9.65. The summed E-state index contributed by atoms with van der Waals surface area (Å²) in [4.78, 5) is 12.3. The Balaban J connectivity index is 1.54. The van der Waals surface area contributed by atoms with Crippen LogP contribution in [0.1, 0.15) is 68.7 Å². The molecule has 26 heavy (non-hydrogen) atoms. The van der Waals surface area contributed by atoms with Gasteiger partial charge in [-0.1, -0.05) is 43.2 Å². The number of nitrogens with two attached hydrogens (primary N) is 1. The van der Waals surface area contributed by atoms with Gasteiger partial charge in [0.2, 0.25) is 11.8 Å². The van der Waals surface area contributed by atoms with Gasteiger partial charge in [0.1, 0.15) is 5.78 Å². The SMILES string of the molecule is C[C@@](N)(Cc1ccccc1)c1nnc(C2CCC(=O)[C@@H]3CCCCC23)o1. The van der Waals surface area contributed by atoms with E-state index in [-0.39, 0.29) is 11.8 Å². The average molecular weight is 353 g/mol. The van der Waals surface area contributed by atoms with Gasteiger partial charge in [0, 0.05) is 18.3 Å². The van der Waals surface area contributed by atoms with Gasteiger partial charge in [-0.05, 0) is 44.1 Å². The van der Waals surface area contributed by atoms with Gasteiger partial charge in [0.25, 0.3) is 0 Å². The molecule has 2 aliphatic carbocycles. The van der Waals surface area contributed by atoms with Gasteiger partial charge in [-0.15, -0.1) is 10.2 Å². The molecule has 2 unspecified atom stereocenters. The molecule has 2 fully saturated rings. The van der Waals surface area contributed by atoms with E-state index < -0.39 is 5.54 Å². The molecule has 0 spiro atoms. The molecule has 1 aromatic carbocycles. The minimum Gasteiger partial charge on any atom is -0.423 e. The third kappa shape index (κ3) is 3.32. The third-order valence-corrected chi connectivity index (χ3v) is 6.11. The molecule has 2 N–H and O–H groups in total. The molecule has 2 aliphatic rings. The summed E-state index contributed by atoms with van der Waals surface area (Å²) in [5.74, 6) is 2.34. The van der Waals surface area contributed by atoms with Crippen molar-refractivity contribution >= 4 is 5.78 Å². The lowest BCUT2D eigenvalue weighted by molar-refractivity contribution is -0.128. The van der Waals surface area contributed by atoms with E-state index in [1.807, 2.05) is 25.1 Å². The first-order chi connectivity index (χ1) is 12.5. The van der Waals surface area contributed by atoms with Crippen molar-refractivity contribution < 1.29 is 9.21 Å². The maximum atomic E-state index is 12.3. The number of carbonyl (C=O) groups excluding carboxylic acids is 1. The van der Waals surface area contributed by atoms with Crippen LogP contribution in [-0.4, -0.2) is 16.0 Å². The van der Waals surface area contributed by atoms with Crippen molar-refractivity contribution in [2.75, 3.05) is 0 Å². The van der Waals surface area contributed by atoms with Crippen LogP contribution in [0.15, 0.2) is 34.7 Å². The van der Waals surface area contributed by atoms with E-state index in [1.165, 1.54) is 6.42 Å². The van der Waals surface area contributed by atoms with Gasteiger partial charge in [-0.3, -0.25) is 4.79 Å². The standard InChI is InChI=1S/C21H27N3O2/c1-21(22,13-14-7-3-2-4-8-14)20-24-23-19(26-20)17-11-12-18(25)16-10-6-5-9-15(16)17/h2-4,7-8,15-17H,5-6,9-13,22H2,1H3/t15?,16-,17?,21-/m1/s1. The van der Waals surface area contributed by atoms with Crippen molar-refractivity contribution in [3.8, 4) is 0 Å². The minimum atomic E-state index is -0.705. The second kappa shape index (κ2) is 6.95. The Morgan fingerprint density at radius 1 is 1.12 bits per heavy atom. The zero-order valence-corrected chi connectivity index (χ0v) is 15.4. The van der Waals surface area contributed by atoms with E-state index in [0.717, 1.165) is 31.2 Å². The fourth-order valence-corrected chi connectivity index (χ4v) is 4.76. The van der Waals surface area contributed by atoms with Crippen LogP contribution in [0.25, 0.3) is 0 Å². The fourth-order valence-electron chi connectivity index (χ4n) is 4.76. The Kier molecular flexibility index (Phi) is 4.65. The molecule has 0 saturated heterocycles. The molecule has 2 aromatic rings. The first-order valence-electron chi connectivity index (χ1n) is 9.74. The number of aromatic nitrogens is 2. The molecule has 138 valence electrons. The number of carbonyl (C=O) groups is 1. The summed E-state index contributed by atoms with van der Waals surface area (Å²) in [5, 5.41) is 8.65. The van der Waals surface area contributed by atoms with Crippen LogP contribution in [0, 0.1) is 11.8 Å². The maximum absolute atomic E-state index is 12.3. The predicted molar refractivity (Wildman–Crippen MR) is 98.4 cm³/mol. The number of hydrogen-bond donors (Lipinski definition) is 1. The van der Waals surface area contributed by atoms with Crippen LogP contribution in [0.4, 0.5) is 0 Å². The van der Waals surface area contributed by atoms with Gasteiger partial charge in [0.05, 0.1) is 5.54 Å². The summed E-state index contributed by atoms with van der Waals surface area (Å²) < 4.78 is 6.09. The quantitative estimate of drug-likeness (QED) is 0.905. The van der Waals surface area contributed by atoms with Gasteiger partial charge < -0.3 is 10.2 Å². The molecular weight excluding hydrogens is 326 g/mol. The second-order valence-corrected chi connectivity index (χ2v) is 8.19. The normalized spacial score (nSPS) is 28.4. The highest BCUT2D eigenvalue weighted by Crippen LogP contribution is 2.46. The lowest BCUT2D eigenvalue weighted by Crippen LogP contribution is -2.36. The number of fused-ring (bicyclic) bond motifs is 1. The van der Waals surface area contributed by atoms with E-state index in [1.54, 1.807) is 0 Å². The van der Waals surface area contributed by atoms with Gasteiger partial charge in [-0.25, -0.2) is 0 Å². The van der Waals surface area contributed by atoms with E-state index in [2.05, 4.69) is 22.3 Å². The number of ketones is 1. The highest BCUT2D eigenvalue weighted by molar-refractivity contribution is 5.82. The number of Topliss-reactive ketones (excluding diaryl/α,β-unsaturated/α-hetero) is 1. The topological polar surface area (TPSA) is 82.0 Å². The summed E-state index contributed by atoms with van der Waals surface area (Å²) in [7, 11) is 0. The van der Waals surface area contributed by atoms with E-state index in [0.29, 0.717) is 36.3 Å². The van der Waals surface area contributed by atoms with Crippen LogP contribution in [-0.2, 0) is 16.8 Å². The van der Waals surface area contributed by atoms with Crippen molar-refractivity contribution in [2.45, 2.75) is 63.3 Å². The largest absolute Gasteiger partial charge is 0.423 e. The third-order valence-electron chi connectivity index (χ3n) is 6.11. The lowest BCUT2D eigenvalue weighted by Gasteiger charge is -2.38. The van der Waals surface area contributed by atoms with Crippen LogP contribution >= 0.6 is 0 Å². The highest BCUT2D eigenvalue weighted by atomic mass is 16.4. The zero-order valence-electron chi connectivity index (χ0n) is 15.4. The number of rotatable bonds is 4. The number of hydrogen-bond acceptors (Lipinski definition) is 5. The molecule has 4 rings (SSSR count). The van der Waals surface area contributed by atoms with Crippen molar-refractivity contribution in [3.05, 3.63) is 47.7 Å². The van der Waals surface area contributed by atoms with Gasteiger partial charge in [-0.2, -0.15) is 0 Å². The maximum Gasteiger partial charge on any atom is 0.236 e. The van der Waals surface area contributed by atoms with Gasteiger partial charge >= 0.3 is 0 Å². The van der Waals surface area contributed by atoms with Crippen molar-refractivity contribution in [2.24, 2.45) is 17.6 Å². The molecule has 0 aliphatic heterocycles. The molecule has 5 heteroatoms. The molecular formula is C21H27N3O2. The Labute approximate surface area is 154 Å². The van der Waals surface area contributed by atoms with E-state index in [4.69, 9.17) is 10.2 Å². The average Bonchev–Trinajstić information content (AvgIpc) is 3.14. The summed E-state index contributed by atoms with van der Waals surface area (Å²) in [5.41, 5.74) is 6.96. The van der Waals surface area contributed by atoms with Crippen LogP contribution in [0.2, 0.25) is 0 Å². The Hall–Kier alpha value is -2.01. The molecule has 1 aromatic heterocycles. The number of benzene rings is 1. The van der Waals surface area contributed by atoms with Crippen molar-refractivity contribution in [1.29, 1.82) is 0 Å². The molecule has 5 nitrogen and oxygen atoms in total. The van der Waals surface area contributed by atoms with Crippen LogP contribution in [0.5, 0.6) is 0 Å². The molecule has 0 bridgehead atoms. The Bertz CT molecular complexity index is 769. The molecule has 1 heterocycles. The number of nitrogens with zero attached hydrogens (tertiary/aromatic N) is 2. The van der Waals surface area contributed by atoms with Crippen LogP contribution < -0.4 is 5.73 Å². The summed E-state index contributed by atoms with van der Waals surface area (Å²) in [6, 6.07) is 10.1. The molecule has 2 saturated carbocycles. The monoisotopic (exact) mass is 353 g/mol. The molecule has 0 radical (unpaired) electrons. The summed E-state index contributed by atoms with van der Waals surface area (Å²) >= 11 is 0. The Morgan fingerprint density at radius 3 is 2.69 bits per heavy atom. The van der Waals surface area contributed by atoms with E-state index >= 15 is 0 Å². The van der Waals surface area contributed by atoms with Crippen molar-refractivity contribution in [1.82, 2.24) is 10.2 Å². The predicted octanol–water partition coefficient (Wildman–Crippen LogP) is 3.74. The Morgan fingerprint density at radius 2 is 1.88 bits per heavy atom. The minimum absolute atomic E-state index is 0.187. The van der Waals surface area contributed by atoms with E-state index in [9.17, 15) is 4.79 Å². The first-order valence-corrected chi connectivity index (χ1v) is 9.74. The fraction of sp³-hybridized carbons (Fsp3) is 0.571. The zero-order chi connectivity index (χ0) is 18.1. The summed E-state index contributed by atoms with van der Waals surface area (Å²) in [6.45, 7) is 1.94. The second-order valence-electron chi connectivity index (χ2n) is 8.19. The molecule has 4 atom stereocenters.